The Hall–Kier alpha value is -3.14. The Morgan fingerprint density at radius 1 is 1.03 bits per heavy atom. The van der Waals surface area contributed by atoms with Crippen LogP contribution in [0.15, 0.2) is 88.9 Å². The van der Waals surface area contributed by atoms with Crippen LogP contribution in [-0.4, -0.2) is 29.1 Å². The van der Waals surface area contributed by atoms with E-state index in [0.29, 0.717) is 10.8 Å². The lowest BCUT2D eigenvalue weighted by Crippen LogP contribution is -2.23. The maximum absolute atomic E-state index is 12.8. The van der Waals surface area contributed by atoms with Crippen molar-refractivity contribution in [2.75, 3.05) is 5.32 Å². The topological polar surface area (TPSA) is 107 Å². The van der Waals surface area contributed by atoms with Crippen molar-refractivity contribution < 1.29 is 13.2 Å². The van der Waals surface area contributed by atoms with Gasteiger partial charge in [-0.25, -0.2) is 18.5 Å². The standard InChI is InChI=1S/C22H20N4O3S2/c1-15(21(27)24-16-8-7-11-18(14-16)31(23,28)29)30-22-25-19-12-5-6-13-20(19)26(22)17-9-3-2-4-10-17/h2-15H,1H3,(H,24,27)(H2,23,28,29)/t15-/m1/s1. The number of nitrogens with zero attached hydrogens (tertiary/aromatic N) is 2. The second-order valence-electron chi connectivity index (χ2n) is 6.88. The van der Waals surface area contributed by atoms with Gasteiger partial charge >= 0.3 is 0 Å². The summed E-state index contributed by atoms with van der Waals surface area (Å²) in [5.41, 5.74) is 3.10. The average molecular weight is 453 g/mol. The molecule has 7 nitrogen and oxygen atoms in total. The first-order valence-electron chi connectivity index (χ1n) is 9.46. The quantitative estimate of drug-likeness (QED) is 0.433. The summed E-state index contributed by atoms with van der Waals surface area (Å²) >= 11 is 1.32. The van der Waals surface area contributed by atoms with Gasteiger partial charge in [-0.2, -0.15) is 0 Å². The summed E-state index contributed by atoms with van der Waals surface area (Å²) in [5.74, 6) is -0.275. The highest BCUT2D eigenvalue weighted by molar-refractivity contribution is 8.00. The molecule has 0 unspecified atom stereocenters. The van der Waals surface area contributed by atoms with Crippen LogP contribution in [0.4, 0.5) is 5.69 Å². The second kappa shape index (κ2) is 8.54. The van der Waals surface area contributed by atoms with E-state index in [4.69, 9.17) is 10.1 Å². The minimum atomic E-state index is -3.85. The van der Waals surface area contributed by atoms with Crippen LogP contribution in [0.2, 0.25) is 0 Å². The van der Waals surface area contributed by atoms with E-state index in [1.165, 1.54) is 30.0 Å². The van der Waals surface area contributed by atoms with Crippen molar-refractivity contribution in [3.05, 3.63) is 78.9 Å². The SMILES string of the molecule is C[C@@H](Sc1nc2ccccc2n1-c1ccccc1)C(=O)Nc1cccc(S(N)(=O)=O)c1. The number of benzene rings is 3. The van der Waals surface area contributed by atoms with Crippen molar-refractivity contribution >= 4 is 44.4 Å². The van der Waals surface area contributed by atoms with Gasteiger partial charge < -0.3 is 5.32 Å². The summed E-state index contributed by atoms with van der Waals surface area (Å²) < 4.78 is 25.1. The Kier molecular flexibility index (Phi) is 5.81. The number of rotatable bonds is 6. The van der Waals surface area contributed by atoms with Gasteiger partial charge in [-0.15, -0.1) is 0 Å². The predicted molar refractivity (Wildman–Crippen MR) is 123 cm³/mol. The number of hydrogen-bond acceptors (Lipinski definition) is 5. The van der Waals surface area contributed by atoms with Crippen LogP contribution in [0, 0.1) is 0 Å². The largest absolute Gasteiger partial charge is 0.325 e. The first kappa shape index (κ1) is 21.1. The van der Waals surface area contributed by atoms with Crippen LogP contribution >= 0.6 is 11.8 Å². The molecule has 0 spiro atoms. The van der Waals surface area contributed by atoms with E-state index in [0.717, 1.165) is 16.7 Å². The number of nitrogens with two attached hydrogens (primary N) is 1. The third-order valence-electron chi connectivity index (χ3n) is 4.63. The van der Waals surface area contributed by atoms with Crippen molar-refractivity contribution in [1.29, 1.82) is 0 Å². The number of carbonyl (C=O) groups is 1. The molecular weight excluding hydrogens is 432 g/mol. The maximum Gasteiger partial charge on any atom is 0.238 e. The van der Waals surface area contributed by atoms with Gasteiger partial charge in [0.15, 0.2) is 5.16 Å². The molecule has 0 saturated carbocycles. The molecule has 1 amide bonds. The number of carbonyl (C=O) groups excluding carboxylic acids is 1. The van der Waals surface area contributed by atoms with Gasteiger partial charge in [-0.3, -0.25) is 9.36 Å². The fraction of sp³-hybridized carbons (Fsp3) is 0.0909. The van der Waals surface area contributed by atoms with Crippen molar-refractivity contribution in [3.8, 4) is 5.69 Å². The lowest BCUT2D eigenvalue weighted by molar-refractivity contribution is -0.115. The van der Waals surface area contributed by atoms with Crippen LogP contribution in [-0.2, 0) is 14.8 Å². The lowest BCUT2D eigenvalue weighted by Gasteiger charge is -2.14. The monoisotopic (exact) mass is 452 g/mol. The number of primary sulfonamides is 1. The summed E-state index contributed by atoms with van der Waals surface area (Å²) in [7, 11) is -3.85. The van der Waals surface area contributed by atoms with Crippen LogP contribution in [0.5, 0.6) is 0 Å². The number of amides is 1. The first-order chi connectivity index (χ1) is 14.8. The highest BCUT2D eigenvalue weighted by atomic mass is 32.2. The van der Waals surface area contributed by atoms with Gasteiger partial charge in [0.1, 0.15) is 0 Å². The average Bonchev–Trinajstić information content (AvgIpc) is 3.11. The maximum atomic E-state index is 12.8. The number of fused-ring (bicyclic) bond motifs is 1. The number of nitrogens with one attached hydrogen (secondary N) is 1. The Bertz CT molecular complexity index is 1350. The van der Waals surface area contributed by atoms with Crippen molar-refractivity contribution in [2.24, 2.45) is 5.14 Å². The highest BCUT2D eigenvalue weighted by Crippen LogP contribution is 2.31. The van der Waals surface area contributed by atoms with Gasteiger partial charge in [0, 0.05) is 11.4 Å². The number of para-hydroxylation sites is 3. The molecular formula is C22H20N4O3S2. The smallest absolute Gasteiger partial charge is 0.238 e. The van der Waals surface area contributed by atoms with E-state index in [-0.39, 0.29) is 10.8 Å². The normalized spacial score (nSPS) is 12.6. The molecule has 3 N–H and O–H groups in total. The van der Waals surface area contributed by atoms with Gasteiger partial charge in [0.05, 0.1) is 21.2 Å². The molecule has 0 fully saturated rings. The second-order valence-corrected chi connectivity index (χ2v) is 9.75. The number of thioether (sulfide) groups is 1. The molecule has 0 saturated heterocycles. The highest BCUT2D eigenvalue weighted by Gasteiger charge is 2.21. The summed E-state index contributed by atoms with van der Waals surface area (Å²) in [4.78, 5) is 17.4. The molecule has 0 radical (unpaired) electrons. The predicted octanol–water partition coefficient (Wildman–Crippen LogP) is 3.79. The molecule has 9 heteroatoms. The molecule has 0 aliphatic rings. The number of imidazole rings is 1. The van der Waals surface area contributed by atoms with E-state index in [2.05, 4.69) is 5.32 Å². The zero-order valence-corrected chi connectivity index (χ0v) is 18.2. The first-order valence-corrected chi connectivity index (χ1v) is 11.9. The number of hydrogen-bond donors (Lipinski definition) is 2. The van der Waals surface area contributed by atoms with E-state index in [1.54, 1.807) is 13.0 Å². The van der Waals surface area contributed by atoms with Crippen LogP contribution in [0.3, 0.4) is 0 Å². The van der Waals surface area contributed by atoms with E-state index >= 15 is 0 Å². The molecule has 0 aliphatic carbocycles. The molecule has 31 heavy (non-hydrogen) atoms. The zero-order chi connectivity index (χ0) is 22.0. The number of aromatic nitrogens is 2. The fourth-order valence-electron chi connectivity index (χ4n) is 3.12. The summed E-state index contributed by atoms with van der Waals surface area (Å²) in [5, 5.41) is 8.12. The number of sulfonamides is 1. The van der Waals surface area contributed by atoms with Crippen molar-refractivity contribution in [1.82, 2.24) is 9.55 Å². The Morgan fingerprint density at radius 3 is 2.48 bits per heavy atom. The van der Waals surface area contributed by atoms with Gasteiger partial charge in [0.2, 0.25) is 15.9 Å². The summed E-state index contributed by atoms with van der Waals surface area (Å²) in [6.45, 7) is 1.78. The van der Waals surface area contributed by atoms with Crippen LogP contribution < -0.4 is 10.5 Å². The Balaban J connectivity index is 1.60. The van der Waals surface area contributed by atoms with Crippen LogP contribution in [0.1, 0.15) is 6.92 Å². The third-order valence-corrected chi connectivity index (χ3v) is 6.59. The minimum absolute atomic E-state index is 0.0588. The minimum Gasteiger partial charge on any atom is -0.325 e. The molecule has 4 rings (SSSR count). The molecule has 4 aromatic rings. The molecule has 1 atom stereocenters. The van der Waals surface area contributed by atoms with Gasteiger partial charge in [-0.05, 0) is 49.4 Å². The van der Waals surface area contributed by atoms with Gasteiger partial charge in [0.25, 0.3) is 0 Å². The molecule has 1 aromatic heterocycles. The Labute approximate surface area is 184 Å². The summed E-state index contributed by atoms with van der Waals surface area (Å²) in [6, 6.07) is 23.5. The van der Waals surface area contributed by atoms with Crippen LogP contribution in [0.25, 0.3) is 16.7 Å². The third kappa shape index (κ3) is 4.63. The molecule has 158 valence electrons. The van der Waals surface area contributed by atoms with Crippen molar-refractivity contribution in [3.63, 3.8) is 0 Å². The van der Waals surface area contributed by atoms with Crippen molar-refractivity contribution in [2.45, 2.75) is 22.2 Å². The lowest BCUT2D eigenvalue weighted by atomic mass is 10.3. The zero-order valence-electron chi connectivity index (χ0n) is 16.6. The van der Waals surface area contributed by atoms with Gasteiger partial charge in [-0.1, -0.05) is 48.2 Å². The molecule has 1 heterocycles. The molecule has 0 aliphatic heterocycles. The van der Waals surface area contributed by atoms with E-state index in [1.807, 2.05) is 59.2 Å². The Morgan fingerprint density at radius 2 is 1.74 bits per heavy atom. The summed E-state index contributed by atoms with van der Waals surface area (Å²) in [6.07, 6.45) is 0. The van der Waals surface area contributed by atoms with E-state index in [9.17, 15) is 13.2 Å². The molecule has 0 bridgehead atoms. The number of anilines is 1. The van der Waals surface area contributed by atoms with E-state index < -0.39 is 15.3 Å². The fourth-order valence-corrected chi connectivity index (χ4v) is 4.62. The molecule has 3 aromatic carbocycles.